The number of nitrogens with zero attached hydrogens (tertiary/aromatic N) is 1. The van der Waals surface area contributed by atoms with Crippen molar-refractivity contribution in [1.29, 1.82) is 0 Å². The van der Waals surface area contributed by atoms with Crippen molar-refractivity contribution in [1.82, 2.24) is 14.9 Å². The van der Waals surface area contributed by atoms with Crippen molar-refractivity contribution in [2.24, 2.45) is 0 Å². The molecule has 0 radical (unpaired) electrons. The first kappa shape index (κ1) is 20.4. The van der Waals surface area contributed by atoms with Crippen LogP contribution in [0.15, 0.2) is 59.5 Å². The normalized spacial score (nSPS) is 16.3. The summed E-state index contributed by atoms with van der Waals surface area (Å²) in [5, 5.41) is 5.66. The van der Waals surface area contributed by atoms with Crippen LogP contribution in [0.4, 0.5) is 4.79 Å². The molecule has 0 aromatic heterocycles. The first-order valence-electron chi connectivity index (χ1n) is 9.66. The number of sulfonamides is 1. The number of carbonyl (C=O) groups is 1. The number of benzene rings is 2. The average Bonchev–Trinajstić information content (AvgIpc) is 2.73. The fourth-order valence-corrected chi connectivity index (χ4v) is 5.13. The highest BCUT2D eigenvalue weighted by Gasteiger charge is 2.27. The number of amides is 2. The van der Waals surface area contributed by atoms with Gasteiger partial charge in [-0.05, 0) is 37.0 Å². The third kappa shape index (κ3) is 4.91. The molecule has 28 heavy (non-hydrogen) atoms. The standard InChI is InChI=1S/C21H27N3O3S/c1-17(18-10-4-2-5-11-18)23-21(25)22-16-19-12-6-7-13-20(19)28(26,27)24-14-8-3-9-15-24/h2,4-7,10-13,17H,3,8-9,14-16H2,1H3,(H2,22,23,25)/t17-/m1/s1. The number of nitrogens with one attached hydrogen (secondary N) is 2. The van der Waals surface area contributed by atoms with Gasteiger partial charge in [0.15, 0.2) is 0 Å². The van der Waals surface area contributed by atoms with E-state index in [1.165, 1.54) is 0 Å². The van der Waals surface area contributed by atoms with Gasteiger partial charge in [-0.2, -0.15) is 4.31 Å². The summed E-state index contributed by atoms with van der Waals surface area (Å²) in [5.41, 5.74) is 1.60. The smallest absolute Gasteiger partial charge is 0.315 e. The molecule has 0 aliphatic carbocycles. The molecule has 150 valence electrons. The number of piperidine rings is 1. The van der Waals surface area contributed by atoms with Gasteiger partial charge in [0.1, 0.15) is 0 Å². The summed E-state index contributed by atoms with van der Waals surface area (Å²) in [6, 6.07) is 16.1. The predicted octanol–water partition coefficient (Wildman–Crippen LogP) is 3.42. The maximum absolute atomic E-state index is 13.0. The van der Waals surface area contributed by atoms with Crippen molar-refractivity contribution < 1.29 is 13.2 Å². The van der Waals surface area contributed by atoms with E-state index in [9.17, 15) is 13.2 Å². The molecule has 2 aromatic rings. The summed E-state index contributed by atoms with van der Waals surface area (Å²) < 4.78 is 27.6. The molecule has 0 spiro atoms. The molecule has 7 heteroatoms. The maximum atomic E-state index is 13.0. The van der Waals surface area contributed by atoms with Crippen molar-refractivity contribution >= 4 is 16.1 Å². The predicted molar refractivity (Wildman–Crippen MR) is 109 cm³/mol. The molecule has 2 aromatic carbocycles. The molecule has 0 saturated carbocycles. The van der Waals surface area contributed by atoms with E-state index in [-0.39, 0.29) is 23.5 Å². The second kappa shape index (κ2) is 9.21. The maximum Gasteiger partial charge on any atom is 0.315 e. The number of urea groups is 1. The Morgan fingerprint density at radius 3 is 2.36 bits per heavy atom. The Hall–Kier alpha value is -2.38. The zero-order valence-corrected chi connectivity index (χ0v) is 16.9. The van der Waals surface area contributed by atoms with E-state index in [1.807, 2.05) is 37.3 Å². The largest absolute Gasteiger partial charge is 0.334 e. The van der Waals surface area contributed by atoms with Gasteiger partial charge in [-0.15, -0.1) is 0 Å². The zero-order chi connectivity index (χ0) is 20.0. The summed E-state index contributed by atoms with van der Waals surface area (Å²) in [6.07, 6.45) is 2.84. The lowest BCUT2D eigenvalue weighted by Crippen LogP contribution is -2.38. The molecule has 1 heterocycles. The molecule has 0 bridgehead atoms. The molecule has 1 atom stereocenters. The van der Waals surface area contributed by atoms with E-state index in [4.69, 9.17) is 0 Å². The molecule has 1 fully saturated rings. The Balaban J connectivity index is 1.66. The van der Waals surface area contributed by atoms with E-state index >= 15 is 0 Å². The van der Waals surface area contributed by atoms with Crippen LogP contribution in [0, 0.1) is 0 Å². The van der Waals surface area contributed by atoms with Gasteiger partial charge in [-0.25, -0.2) is 13.2 Å². The zero-order valence-electron chi connectivity index (χ0n) is 16.1. The molecular weight excluding hydrogens is 374 g/mol. The number of hydrogen-bond donors (Lipinski definition) is 2. The van der Waals surface area contributed by atoms with Gasteiger partial charge in [0.25, 0.3) is 0 Å². The van der Waals surface area contributed by atoms with E-state index in [1.54, 1.807) is 28.6 Å². The van der Waals surface area contributed by atoms with Gasteiger partial charge in [0, 0.05) is 19.6 Å². The van der Waals surface area contributed by atoms with Gasteiger partial charge in [-0.3, -0.25) is 0 Å². The third-order valence-corrected chi connectivity index (χ3v) is 6.99. The summed E-state index contributed by atoms with van der Waals surface area (Å²) in [7, 11) is -3.54. The second-order valence-electron chi connectivity index (χ2n) is 7.03. The molecule has 0 unspecified atom stereocenters. The van der Waals surface area contributed by atoms with Crippen LogP contribution < -0.4 is 10.6 Å². The monoisotopic (exact) mass is 401 g/mol. The highest BCUT2D eigenvalue weighted by atomic mass is 32.2. The van der Waals surface area contributed by atoms with Crippen LogP contribution in [0.3, 0.4) is 0 Å². The lowest BCUT2D eigenvalue weighted by Gasteiger charge is -2.27. The van der Waals surface area contributed by atoms with Crippen LogP contribution in [0.5, 0.6) is 0 Å². The molecule has 3 rings (SSSR count). The lowest BCUT2D eigenvalue weighted by atomic mass is 10.1. The van der Waals surface area contributed by atoms with Crippen molar-refractivity contribution in [3.63, 3.8) is 0 Å². The minimum absolute atomic E-state index is 0.145. The van der Waals surface area contributed by atoms with Gasteiger partial charge >= 0.3 is 6.03 Å². The highest BCUT2D eigenvalue weighted by molar-refractivity contribution is 7.89. The first-order chi connectivity index (χ1) is 13.5. The summed E-state index contributed by atoms with van der Waals surface area (Å²) in [5.74, 6) is 0. The Morgan fingerprint density at radius 1 is 1.00 bits per heavy atom. The molecule has 1 aliphatic heterocycles. The van der Waals surface area contributed by atoms with Gasteiger partial charge in [-0.1, -0.05) is 55.0 Å². The van der Waals surface area contributed by atoms with E-state index in [2.05, 4.69) is 10.6 Å². The van der Waals surface area contributed by atoms with Crippen LogP contribution in [0.1, 0.15) is 43.4 Å². The number of carbonyl (C=O) groups excluding carboxylic acids is 1. The van der Waals surface area contributed by atoms with Gasteiger partial charge in [0.05, 0.1) is 10.9 Å². The SMILES string of the molecule is C[C@@H](NC(=O)NCc1ccccc1S(=O)(=O)N1CCCCC1)c1ccccc1. The number of rotatable bonds is 6. The van der Waals surface area contributed by atoms with Crippen LogP contribution >= 0.6 is 0 Å². The Kier molecular flexibility index (Phi) is 6.70. The first-order valence-corrected chi connectivity index (χ1v) is 11.1. The summed E-state index contributed by atoms with van der Waals surface area (Å²) in [6.45, 7) is 3.17. The highest BCUT2D eigenvalue weighted by Crippen LogP contribution is 2.23. The topological polar surface area (TPSA) is 78.5 Å². The molecule has 2 amide bonds. The van der Waals surface area contributed by atoms with Gasteiger partial charge in [0.2, 0.25) is 10.0 Å². The molecule has 6 nitrogen and oxygen atoms in total. The Labute approximate surface area is 167 Å². The van der Waals surface area contributed by atoms with E-state index < -0.39 is 10.0 Å². The van der Waals surface area contributed by atoms with Crippen LogP contribution in [-0.4, -0.2) is 31.8 Å². The van der Waals surface area contributed by atoms with Crippen molar-refractivity contribution in [3.8, 4) is 0 Å². The fraction of sp³-hybridized carbons (Fsp3) is 0.381. The Morgan fingerprint density at radius 2 is 1.64 bits per heavy atom. The lowest BCUT2D eigenvalue weighted by molar-refractivity contribution is 0.237. The van der Waals surface area contributed by atoms with E-state index in [0.29, 0.717) is 18.7 Å². The minimum atomic E-state index is -3.54. The minimum Gasteiger partial charge on any atom is -0.334 e. The van der Waals surface area contributed by atoms with Crippen molar-refractivity contribution in [2.75, 3.05) is 13.1 Å². The summed E-state index contributed by atoms with van der Waals surface area (Å²) >= 11 is 0. The van der Waals surface area contributed by atoms with Crippen molar-refractivity contribution in [2.45, 2.75) is 43.7 Å². The second-order valence-corrected chi connectivity index (χ2v) is 8.94. The van der Waals surface area contributed by atoms with Gasteiger partial charge < -0.3 is 10.6 Å². The quantitative estimate of drug-likeness (QED) is 0.778. The van der Waals surface area contributed by atoms with Crippen LogP contribution in [-0.2, 0) is 16.6 Å². The molecular formula is C21H27N3O3S. The Bertz CT molecular complexity index is 894. The van der Waals surface area contributed by atoms with Crippen LogP contribution in [0.2, 0.25) is 0 Å². The third-order valence-electron chi connectivity index (χ3n) is 4.99. The molecule has 1 aliphatic rings. The molecule has 1 saturated heterocycles. The number of hydrogen-bond acceptors (Lipinski definition) is 3. The van der Waals surface area contributed by atoms with Crippen molar-refractivity contribution in [3.05, 3.63) is 65.7 Å². The van der Waals surface area contributed by atoms with Crippen LogP contribution in [0.25, 0.3) is 0 Å². The average molecular weight is 402 g/mol. The fourth-order valence-electron chi connectivity index (χ4n) is 3.39. The summed E-state index contributed by atoms with van der Waals surface area (Å²) in [4.78, 5) is 12.6. The van der Waals surface area contributed by atoms with E-state index in [0.717, 1.165) is 24.8 Å². The molecule has 2 N–H and O–H groups in total.